The number of carbonyl (C=O) groups excluding carboxylic acids is 1. The van der Waals surface area contributed by atoms with E-state index in [4.69, 9.17) is 23.2 Å². The lowest BCUT2D eigenvalue weighted by atomic mass is 10.2. The number of nitrogens with zero attached hydrogens (tertiary/aromatic N) is 4. The molecule has 31 heavy (non-hydrogen) atoms. The number of carbonyl (C=O) groups is 1. The number of amides is 1. The van der Waals surface area contributed by atoms with Gasteiger partial charge in [0, 0.05) is 36.0 Å². The molecule has 2 aromatic heterocycles. The third kappa shape index (κ3) is 5.71. The van der Waals surface area contributed by atoms with E-state index in [0.29, 0.717) is 53.3 Å². The molecule has 0 fully saturated rings. The number of nitrogens with one attached hydrogen (secondary N) is 2. The molecule has 1 amide bonds. The second-order valence-electron chi connectivity index (χ2n) is 6.99. The Morgan fingerprint density at radius 1 is 0.839 bits per heavy atom. The van der Waals surface area contributed by atoms with Crippen LogP contribution in [0.5, 0.6) is 0 Å². The van der Waals surface area contributed by atoms with Crippen LogP contribution in [0.4, 0.5) is 5.82 Å². The minimum Gasteiger partial charge on any atom is -0.365 e. The van der Waals surface area contributed by atoms with Crippen molar-refractivity contribution in [2.75, 3.05) is 5.32 Å². The number of halogens is 2. The fourth-order valence-corrected chi connectivity index (χ4v) is 3.25. The fourth-order valence-electron chi connectivity index (χ4n) is 2.99. The fraction of sp³-hybridized carbons (Fsp3) is 0.182. The highest BCUT2D eigenvalue weighted by Gasteiger charge is 2.10. The Bertz CT molecular complexity index is 1180. The van der Waals surface area contributed by atoms with Crippen LogP contribution in [0.3, 0.4) is 0 Å². The first-order valence-electron chi connectivity index (χ1n) is 9.77. The maximum atomic E-state index is 12.2. The molecule has 2 aromatic carbocycles. The van der Waals surface area contributed by atoms with Crippen LogP contribution in [0.2, 0.25) is 10.0 Å². The van der Waals surface area contributed by atoms with Gasteiger partial charge in [0.25, 0.3) is 0 Å². The van der Waals surface area contributed by atoms with E-state index in [0.717, 1.165) is 11.1 Å². The number of hydrogen-bond acceptors (Lipinski definition) is 5. The predicted octanol–water partition coefficient (Wildman–Crippen LogP) is 4.29. The molecule has 4 aromatic rings. The zero-order chi connectivity index (χ0) is 21.6. The molecule has 0 spiro atoms. The standard InChI is InChI=1S/C22H20Cl2N6O/c23-17-5-1-15(2-6-17)13-25-19-9-10-20-27-28-21(30(20)29-19)11-12-22(31)26-14-16-3-7-18(24)8-4-16/h1-10H,11-14H2,(H,25,29)(H,26,31). The Labute approximate surface area is 189 Å². The van der Waals surface area contributed by atoms with Gasteiger partial charge < -0.3 is 10.6 Å². The summed E-state index contributed by atoms with van der Waals surface area (Å²) < 4.78 is 1.66. The third-order valence-electron chi connectivity index (χ3n) is 4.69. The third-order valence-corrected chi connectivity index (χ3v) is 5.20. The first-order valence-corrected chi connectivity index (χ1v) is 10.5. The predicted molar refractivity (Wildman–Crippen MR) is 121 cm³/mol. The molecule has 2 N–H and O–H groups in total. The molecule has 7 nitrogen and oxygen atoms in total. The number of hydrogen-bond donors (Lipinski definition) is 2. The average Bonchev–Trinajstić information content (AvgIpc) is 3.19. The summed E-state index contributed by atoms with van der Waals surface area (Å²) in [4.78, 5) is 12.2. The van der Waals surface area contributed by atoms with Crippen LogP contribution in [0, 0.1) is 0 Å². The van der Waals surface area contributed by atoms with Gasteiger partial charge in [-0.3, -0.25) is 4.79 Å². The summed E-state index contributed by atoms with van der Waals surface area (Å²) in [5.41, 5.74) is 2.71. The van der Waals surface area contributed by atoms with Gasteiger partial charge in [-0.15, -0.1) is 15.3 Å². The van der Waals surface area contributed by atoms with E-state index in [-0.39, 0.29) is 5.91 Å². The van der Waals surface area contributed by atoms with E-state index in [1.54, 1.807) is 16.6 Å². The van der Waals surface area contributed by atoms with Crippen molar-refractivity contribution in [3.05, 3.63) is 87.7 Å². The zero-order valence-electron chi connectivity index (χ0n) is 16.6. The van der Waals surface area contributed by atoms with Crippen LogP contribution in [-0.4, -0.2) is 25.7 Å². The molecule has 0 bridgehead atoms. The van der Waals surface area contributed by atoms with Crippen molar-refractivity contribution in [3.8, 4) is 0 Å². The lowest BCUT2D eigenvalue weighted by Crippen LogP contribution is -2.23. The molecule has 0 unspecified atom stereocenters. The number of fused-ring (bicyclic) bond motifs is 1. The van der Waals surface area contributed by atoms with Crippen molar-refractivity contribution in [2.45, 2.75) is 25.9 Å². The molecule has 0 saturated carbocycles. The van der Waals surface area contributed by atoms with Gasteiger partial charge in [-0.1, -0.05) is 47.5 Å². The summed E-state index contributed by atoms with van der Waals surface area (Å²) >= 11 is 11.8. The van der Waals surface area contributed by atoms with Crippen LogP contribution in [0.1, 0.15) is 23.4 Å². The highest BCUT2D eigenvalue weighted by molar-refractivity contribution is 6.30. The van der Waals surface area contributed by atoms with Crippen molar-refractivity contribution >= 4 is 40.6 Å². The second-order valence-corrected chi connectivity index (χ2v) is 7.86. The van der Waals surface area contributed by atoms with Crippen LogP contribution in [0.25, 0.3) is 5.65 Å². The van der Waals surface area contributed by atoms with E-state index < -0.39 is 0 Å². The monoisotopic (exact) mass is 454 g/mol. The first kappa shape index (κ1) is 21.1. The number of anilines is 1. The minimum atomic E-state index is -0.0660. The van der Waals surface area contributed by atoms with Crippen LogP contribution in [0.15, 0.2) is 60.7 Å². The topological polar surface area (TPSA) is 84.2 Å². The van der Waals surface area contributed by atoms with Gasteiger partial charge in [-0.2, -0.15) is 4.52 Å². The molecule has 9 heteroatoms. The quantitative estimate of drug-likeness (QED) is 0.414. The molecule has 0 aliphatic heterocycles. The molecular formula is C22H20Cl2N6O. The van der Waals surface area contributed by atoms with Crippen molar-refractivity contribution in [3.63, 3.8) is 0 Å². The van der Waals surface area contributed by atoms with Gasteiger partial charge in [0.1, 0.15) is 5.82 Å². The minimum absolute atomic E-state index is 0.0660. The molecule has 4 rings (SSSR count). The van der Waals surface area contributed by atoms with Crippen molar-refractivity contribution in [1.29, 1.82) is 0 Å². The van der Waals surface area contributed by atoms with E-state index in [1.807, 2.05) is 48.5 Å². The van der Waals surface area contributed by atoms with Crippen molar-refractivity contribution in [2.24, 2.45) is 0 Å². The lowest BCUT2D eigenvalue weighted by Gasteiger charge is -2.07. The van der Waals surface area contributed by atoms with E-state index in [9.17, 15) is 4.79 Å². The summed E-state index contributed by atoms with van der Waals surface area (Å²) in [6.45, 7) is 1.06. The number of aryl methyl sites for hydroxylation is 1. The number of rotatable bonds is 8. The smallest absolute Gasteiger partial charge is 0.220 e. The molecule has 0 aliphatic rings. The zero-order valence-corrected chi connectivity index (χ0v) is 18.1. The molecule has 0 saturated heterocycles. The van der Waals surface area contributed by atoms with Crippen molar-refractivity contribution < 1.29 is 4.79 Å². The van der Waals surface area contributed by atoms with Crippen LogP contribution in [-0.2, 0) is 24.3 Å². The normalized spacial score (nSPS) is 10.9. The Morgan fingerprint density at radius 3 is 2.16 bits per heavy atom. The first-order chi connectivity index (χ1) is 15.1. The number of aromatic nitrogens is 4. The van der Waals surface area contributed by atoms with Crippen molar-refractivity contribution in [1.82, 2.24) is 25.1 Å². The van der Waals surface area contributed by atoms with E-state index in [2.05, 4.69) is 25.9 Å². The molecule has 0 atom stereocenters. The van der Waals surface area contributed by atoms with Gasteiger partial charge >= 0.3 is 0 Å². The van der Waals surface area contributed by atoms with Gasteiger partial charge in [0.15, 0.2) is 11.5 Å². The molecular weight excluding hydrogens is 435 g/mol. The SMILES string of the molecule is O=C(CCc1nnc2ccc(NCc3ccc(Cl)cc3)nn12)NCc1ccc(Cl)cc1. The van der Waals surface area contributed by atoms with Gasteiger partial charge in [0.2, 0.25) is 5.91 Å². The molecule has 0 radical (unpaired) electrons. The summed E-state index contributed by atoms with van der Waals surface area (Å²) in [5.74, 6) is 1.26. The maximum Gasteiger partial charge on any atom is 0.220 e. The summed E-state index contributed by atoms with van der Waals surface area (Å²) in [6.07, 6.45) is 0.722. The molecule has 158 valence electrons. The van der Waals surface area contributed by atoms with E-state index in [1.165, 1.54) is 0 Å². The number of benzene rings is 2. The Morgan fingerprint density at radius 2 is 1.48 bits per heavy atom. The molecule has 0 aliphatic carbocycles. The lowest BCUT2D eigenvalue weighted by molar-refractivity contribution is -0.121. The van der Waals surface area contributed by atoms with Crippen LogP contribution >= 0.6 is 23.2 Å². The Hall–Kier alpha value is -3.16. The Balaban J connectivity index is 1.34. The second kappa shape index (κ2) is 9.76. The average molecular weight is 455 g/mol. The summed E-state index contributed by atoms with van der Waals surface area (Å²) in [5, 5.41) is 20.4. The highest BCUT2D eigenvalue weighted by Crippen LogP contribution is 2.13. The largest absolute Gasteiger partial charge is 0.365 e. The maximum absolute atomic E-state index is 12.2. The Kier molecular flexibility index (Phi) is 6.64. The summed E-state index contributed by atoms with van der Waals surface area (Å²) in [7, 11) is 0. The van der Waals surface area contributed by atoms with Gasteiger partial charge in [-0.25, -0.2) is 0 Å². The molecule has 2 heterocycles. The highest BCUT2D eigenvalue weighted by atomic mass is 35.5. The van der Waals surface area contributed by atoms with Gasteiger partial charge in [0.05, 0.1) is 0 Å². The van der Waals surface area contributed by atoms with E-state index >= 15 is 0 Å². The summed E-state index contributed by atoms with van der Waals surface area (Å²) in [6, 6.07) is 18.7. The van der Waals surface area contributed by atoms with Gasteiger partial charge in [-0.05, 0) is 47.5 Å². The van der Waals surface area contributed by atoms with Crippen LogP contribution < -0.4 is 10.6 Å².